The van der Waals surface area contributed by atoms with Gasteiger partial charge in [-0.3, -0.25) is 14.2 Å². The van der Waals surface area contributed by atoms with E-state index in [0.717, 1.165) is 5.56 Å². The summed E-state index contributed by atoms with van der Waals surface area (Å²) in [4.78, 5) is 38.9. The molecule has 1 aliphatic heterocycles. The van der Waals surface area contributed by atoms with Crippen LogP contribution in [0.25, 0.3) is 11.2 Å². The molecule has 0 aliphatic carbocycles. The van der Waals surface area contributed by atoms with E-state index in [9.17, 15) is 14.0 Å². The van der Waals surface area contributed by atoms with E-state index in [1.54, 1.807) is 39.9 Å². The fourth-order valence-corrected chi connectivity index (χ4v) is 4.27. The van der Waals surface area contributed by atoms with Crippen LogP contribution in [0.4, 0.5) is 10.2 Å². The Hall–Kier alpha value is -4.07. The van der Waals surface area contributed by atoms with Gasteiger partial charge >= 0.3 is 0 Å². The molecule has 1 saturated heterocycles. The normalized spacial score (nSPS) is 13.9. The number of aromatic nitrogens is 3. The number of carbonyl (C=O) groups is 1. The number of fused-ring (bicyclic) bond motifs is 1. The van der Waals surface area contributed by atoms with Gasteiger partial charge in [0, 0.05) is 32.4 Å². The number of nitrogens with zero attached hydrogens (tertiary/aromatic N) is 5. The van der Waals surface area contributed by atoms with Gasteiger partial charge in [-0.1, -0.05) is 48.5 Å². The zero-order valence-electron chi connectivity index (χ0n) is 18.6. The zero-order valence-corrected chi connectivity index (χ0v) is 18.6. The molecule has 2 aromatic carbocycles. The number of benzene rings is 2. The predicted molar refractivity (Wildman–Crippen MR) is 128 cm³/mol. The Morgan fingerprint density at radius 3 is 2.41 bits per heavy atom. The molecule has 0 spiro atoms. The van der Waals surface area contributed by atoms with E-state index >= 15 is 0 Å². The van der Waals surface area contributed by atoms with Crippen LogP contribution < -0.4 is 10.5 Å². The van der Waals surface area contributed by atoms with Crippen LogP contribution in [0.2, 0.25) is 0 Å². The first-order valence-corrected chi connectivity index (χ1v) is 11.3. The van der Waals surface area contributed by atoms with Crippen LogP contribution in [-0.2, 0) is 17.8 Å². The summed E-state index contributed by atoms with van der Waals surface area (Å²) in [6, 6.07) is 19.7. The molecule has 0 N–H and O–H groups in total. The first-order valence-electron chi connectivity index (χ1n) is 11.3. The molecule has 0 atom stereocenters. The van der Waals surface area contributed by atoms with Crippen LogP contribution in [0.1, 0.15) is 11.1 Å². The second-order valence-corrected chi connectivity index (χ2v) is 8.29. The van der Waals surface area contributed by atoms with E-state index in [-0.39, 0.29) is 23.7 Å². The number of hydrogen-bond acceptors (Lipinski definition) is 5. The average molecular weight is 458 g/mol. The summed E-state index contributed by atoms with van der Waals surface area (Å²) in [5.41, 5.74) is 2.37. The van der Waals surface area contributed by atoms with Crippen molar-refractivity contribution < 1.29 is 9.18 Å². The number of pyridine rings is 1. The van der Waals surface area contributed by atoms with Crippen LogP contribution in [0.15, 0.2) is 77.7 Å². The first kappa shape index (κ1) is 21.8. The maximum absolute atomic E-state index is 13.9. The molecule has 172 valence electrons. The van der Waals surface area contributed by atoms with E-state index in [0.29, 0.717) is 55.3 Å². The summed E-state index contributed by atoms with van der Waals surface area (Å²) in [5, 5.41) is 0. The Bertz CT molecular complexity index is 1380. The molecular formula is C26H24FN5O2. The predicted octanol–water partition coefficient (Wildman–Crippen LogP) is 2.87. The SMILES string of the molecule is O=C(Cc1ccccc1F)N1CCN(c2nc3cccnc3n(Cc3ccccc3)c2=O)CC1. The highest BCUT2D eigenvalue weighted by molar-refractivity contribution is 5.79. The van der Waals surface area contributed by atoms with Crippen LogP contribution >= 0.6 is 0 Å². The number of halogens is 1. The summed E-state index contributed by atoms with van der Waals surface area (Å²) in [7, 11) is 0. The van der Waals surface area contributed by atoms with E-state index in [4.69, 9.17) is 0 Å². The fraction of sp³-hybridized carbons (Fsp3) is 0.231. The van der Waals surface area contributed by atoms with Gasteiger partial charge in [0.25, 0.3) is 5.56 Å². The summed E-state index contributed by atoms with van der Waals surface area (Å²) in [6.07, 6.45) is 1.68. The summed E-state index contributed by atoms with van der Waals surface area (Å²) >= 11 is 0. The second kappa shape index (κ2) is 9.43. The van der Waals surface area contributed by atoms with Gasteiger partial charge in [-0.05, 0) is 29.3 Å². The van der Waals surface area contributed by atoms with Crippen LogP contribution in [-0.4, -0.2) is 51.5 Å². The van der Waals surface area contributed by atoms with Crippen molar-refractivity contribution in [2.24, 2.45) is 0 Å². The standard InChI is InChI=1S/C26H24FN5O2/c27-21-10-5-4-9-20(21)17-23(33)30-13-15-31(16-14-30)25-26(34)32(18-19-7-2-1-3-8-19)24-22(29-25)11-6-12-28-24/h1-12H,13-18H2. The van der Waals surface area contributed by atoms with Crippen molar-refractivity contribution in [1.82, 2.24) is 19.4 Å². The molecule has 3 heterocycles. The molecule has 0 radical (unpaired) electrons. The highest BCUT2D eigenvalue weighted by Crippen LogP contribution is 2.17. The summed E-state index contributed by atoms with van der Waals surface area (Å²) in [6.45, 7) is 2.23. The van der Waals surface area contributed by atoms with Gasteiger partial charge in [0.2, 0.25) is 5.91 Å². The van der Waals surface area contributed by atoms with Gasteiger partial charge in [0.1, 0.15) is 11.3 Å². The molecular weight excluding hydrogens is 433 g/mol. The van der Waals surface area contributed by atoms with E-state index < -0.39 is 0 Å². The van der Waals surface area contributed by atoms with Crippen LogP contribution in [0.5, 0.6) is 0 Å². The van der Waals surface area contributed by atoms with Gasteiger partial charge < -0.3 is 9.80 Å². The molecule has 34 heavy (non-hydrogen) atoms. The lowest BCUT2D eigenvalue weighted by atomic mass is 10.1. The lowest BCUT2D eigenvalue weighted by Gasteiger charge is -2.35. The van der Waals surface area contributed by atoms with E-state index in [2.05, 4.69) is 9.97 Å². The van der Waals surface area contributed by atoms with Crippen molar-refractivity contribution in [3.63, 3.8) is 0 Å². The summed E-state index contributed by atoms with van der Waals surface area (Å²) < 4.78 is 15.6. The van der Waals surface area contributed by atoms with Crippen molar-refractivity contribution in [2.45, 2.75) is 13.0 Å². The Balaban J connectivity index is 1.37. The molecule has 0 unspecified atom stereocenters. The van der Waals surface area contributed by atoms with Gasteiger partial charge in [-0.2, -0.15) is 0 Å². The van der Waals surface area contributed by atoms with Crippen molar-refractivity contribution >= 4 is 22.9 Å². The quantitative estimate of drug-likeness (QED) is 0.461. The highest BCUT2D eigenvalue weighted by atomic mass is 19.1. The first-order chi connectivity index (χ1) is 16.6. The number of piperazine rings is 1. The number of rotatable bonds is 5. The maximum atomic E-state index is 13.9. The number of hydrogen-bond donors (Lipinski definition) is 0. The number of anilines is 1. The molecule has 5 rings (SSSR count). The Morgan fingerprint density at radius 1 is 0.912 bits per heavy atom. The third kappa shape index (κ3) is 4.39. The third-order valence-electron chi connectivity index (χ3n) is 6.10. The Morgan fingerprint density at radius 2 is 1.65 bits per heavy atom. The summed E-state index contributed by atoms with van der Waals surface area (Å²) in [5.74, 6) is -0.137. The highest BCUT2D eigenvalue weighted by Gasteiger charge is 2.25. The zero-order chi connectivity index (χ0) is 23.5. The van der Waals surface area contributed by atoms with Gasteiger partial charge in [-0.15, -0.1) is 0 Å². The third-order valence-corrected chi connectivity index (χ3v) is 6.10. The number of amides is 1. The van der Waals surface area contributed by atoms with Gasteiger partial charge in [0.15, 0.2) is 11.5 Å². The van der Waals surface area contributed by atoms with Gasteiger partial charge in [-0.25, -0.2) is 14.4 Å². The number of carbonyl (C=O) groups excluding carboxylic acids is 1. The second-order valence-electron chi connectivity index (χ2n) is 8.29. The van der Waals surface area contributed by atoms with Crippen molar-refractivity contribution in [3.05, 3.63) is 100 Å². The Labute approximate surface area is 196 Å². The minimum atomic E-state index is -0.373. The molecule has 2 aromatic heterocycles. The maximum Gasteiger partial charge on any atom is 0.295 e. The van der Waals surface area contributed by atoms with Crippen molar-refractivity contribution in [2.75, 3.05) is 31.1 Å². The molecule has 8 heteroatoms. The van der Waals surface area contributed by atoms with Crippen molar-refractivity contribution in [1.29, 1.82) is 0 Å². The average Bonchev–Trinajstić information content (AvgIpc) is 2.87. The Kier molecular flexibility index (Phi) is 6.03. The minimum Gasteiger partial charge on any atom is -0.348 e. The van der Waals surface area contributed by atoms with Crippen LogP contribution in [0.3, 0.4) is 0 Å². The van der Waals surface area contributed by atoms with E-state index in [1.807, 2.05) is 41.3 Å². The molecule has 4 aromatic rings. The topological polar surface area (TPSA) is 71.3 Å². The van der Waals surface area contributed by atoms with Crippen molar-refractivity contribution in [3.8, 4) is 0 Å². The molecule has 0 saturated carbocycles. The lowest BCUT2D eigenvalue weighted by molar-refractivity contribution is -0.130. The molecule has 1 amide bonds. The smallest absolute Gasteiger partial charge is 0.295 e. The van der Waals surface area contributed by atoms with Crippen LogP contribution in [0, 0.1) is 5.82 Å². The van der Waals surface area contributed by atoms with Gasteiger partial charge in [0.05, 0.1) is 13.0 Å². The largest absolute Gasteiger partial charge is 0.348 e. The lowest BCUT2D eigenvalue weighted by Crippen LogP contribution is -2.51. The molecule has 0 bridgehead atoms. The minimum absolute atomic E-state index is 0.0243. The fourth-order valence-electron chi connectivity index (χ4n) is 4.27. The molecule has 1 fully saturated rings. The monoisotopic (exact) mass is 457 g/mol. The molecule has 7 nitrogen and oxygen atoms in total. The molecule has 1 aliphatic rings. The van der Waals surface area contributed by atoms with E-state index in [1.165, 1.54) is 6.07 Å².